The van der Waals surface area contributed by atoms with E-state index in [1.54, 1.807) is 0 Å². The first kappa shape index (κ1) is 7.77. The SMILES string of the molecule is CN1CCc2ccccc2[C@@H]1O. The van der Waals surface area contributed by atoms with Crippen molar-refractivity contribution in [1.82, 2.24) is 4.90 Å². The average molecular weight is 163 g/mol. The predicted molar refractivity (Wildman–Crippen MR) is 47.7 cm³/mol. The number of nitrogens with zero attached hydrogens (tertiary/aromatic N) is 1. The Balaban J connectivity index is 2.42. The quantitative estimate of drug-likeness (QED) is 0.620. The van der Waals surface area contributed by atoms with Crippen LogP contribution in [0.3, 0.4) is 0 Å². The predicted octanol–water partition coefficient (Wildman–Crippen LogP) is 1.17. The van der Waals surface area contributed by atoms with Gasteiger partial charge in [0, 0.05) is 6.54 Å². The van der Waals surface area contributed by atoms with Crippen LogP contribution in [0.5, 0.6) is 0 Å². The molecule has 1 aromatic rings. The van der Waals surface area contributed by atoms with Crippen LogP contribution < -0.4 is 0 Å². The second-order valence-electron chi connectivity index (χ2n) is 3.30. The van der Waals surface area contributed by atoms with Crippen LogP contribution in [0.2, 0.25) is 0 Å². The van der Waals surface area contributed by atoms with E-state index in [1.807, 2.05) is 30.1 Å². The zero-order valence-electron chi connectivity index (χ0n) is 7.20. The summed E-state index contributed by atoms with van der Waals surface area (Å²) in [6.45, 7) is 0.943. The Morgan fingerprint density at radius 3 is 3.00 bits per heavy atom. The smallest absolute Gasteiger partial charge is 0.133 e. The summed E-state index contributed by atoms with van der Waals surface area (Å²) in [5, 5.41) is 9.76. The zero-order valence-corrected chi connectivity index (χ0v) is 7.20. The van der Waals surface area contributed by atoms with Crippen LogP contribution in [-0.4, -0.2) is 23.6 Å². The minimum absolute atomic E-state index is 0.407. The van der Waals surface area contributed by atoms with Gasteiger partial charge in [-0.3, -0.25) is 4.90 Å². The first-order valence-electron chi connectivity index (χ1n) is 4.25. The van der Waals surface area contributed by atoms with Gasteiger partial charge in [-0.05, 0) is 24.6 Å². The lowest BCUT2D eigenvalue weighted by Crippen LogP contribution is -2.31. The fourth-order valence-electron chi connectivity index (χ4n) is 1.67. The monoisotopic (exact) mass is 163 g/mol. The molecule has 1 heterocycles. The third-order valence-electron chi connectivity index (χ3n) is 2.48. The topological polar surface area (TPSA) is 23.5 Å². The molecule has 2 rings (SSSR count). The summed E-state index contributed by atoms with van der Waals surface area (Å²) in [5.41, 5.74) is 2.34. The minimum atomic E-state index is -0.407. The highest BCUT2D eigenvalue weighted by atomic mass is 16.3. The third kappa shape index (κ3) is 1.13. The number of benzene rings is 1. The Labute approximate surface area is 72.4 Å². The standard InChI is InChI=1S/C10H13NO/c1-11-7-6-8-4-2-3-5-9(8)10(11)12/h2-5,10,12H,6-7H2,1H3/t10-/m0/s1. The molecule has 1 aliphatic rings. The molecule has 64 valence electrons. The maximum atomic E-state index is 9.76. The first-order valence-corrected chi connectivity index (χ1v) is 4.25. The molecule has 0 aromatic heterocycles. The van der Waals surface area contributed by atoms with Crippen molar-refractivity contribution in [3.05, 3.63) is 35.4 Å². The van der Waals surface area contributed by atoms with E-state index < -0.39 is 6.23 Å². The molecule has 1 N–H and O–H groups in total. The van der Waals surface area contributed by atoms with Gasteiger partial charge < -0.3 is 5.11 Å². The van der Waals surface area contributed by atoms with E-state index in [9.17, 15) is 5.11 Å². The molecule has 0 fully saturated rings. The summed E-state index contributed by atoms with van der Waals surface area (Å²) < 4.78 is 0. The van der Waals surface area contributed by atoms with Gasteiger partial charge in [-0.2, -0.15) is 0 Å². The maximum absolute atomic E-state index is 9.76. The van der Waals surface area contributed by atoms with Gasteiger partial charge in [0.2, 0.25) is 0 Å². The summed E-state index contributed by atoms with van der Waals surface area (Å²) in [5.74, 6) is 0. The van der Waals surface area contributed by atoms with Crippen molar-refractivity contribution in [3.8, 4) is 0 Å². The van der Waals surface area contributed by atoms with Crippen LogP contribution in [-0.2, 0) is 6.42 Å². The number of likely N-dealkylation sites (N-methyl/N-ethyl adjacent to an activating group) is 1. The second-order valence-corrected chi connectivity index (χ2v) is 3.30. The Kier molecular flexibility index (Phi) is 1.87. The van der Waals surface area contributed by atoms with Crippen LogP contribution in [0.4, 0.5) is 0 Å². The van der Waals surface area contributed by atoms with E-state index >= 15 is 0 Å². The van der Waals surface area contributed by atoms with Gasteiger partial charge in [-0.15, -0.1) is 0 Å². The van der Waals surface area contributed by atoms with E-state index in [-0.39, 0.29) is 0 Å². The molecule has 1 aromatic carbocycles. The van der Waals surface area contributed by atoms with Gasteiger partial charge in [0.1, 0.15) is 6.23 Å². The Hall–Kier alpha value is -0.860. The number of aliphatic hydroxyl groups is 1. The molecular formula is C10H13NO. The van der Waals surface area contributed by atoms with Crippen LogP contribution in [0, 0.1) is 0 Å². The molecule has 12 heavy (non-hydrogen) atoms. The molecule has 0 bridgehead atoms. The third-order valence-corrected chi connectivity index (χ3v) is 2.48. The molecule has 2 nitrogen and oxygen atoms in total. The molecule has 0 radical (unpaired) electrons. The van der Waals surface area contributed by atoms with Crippen molar-refractivity contribution in [1.29, 1.82) is 0 Å². The molecule has 0 saturated carbocycles. The molecule has 0 saturated heterocycles. The van der Waals surface area contributed by atoms with Crippen LogP contribution in [0.15, 0.2) is 24.3 Å². The lowest BCUT2D eigenvalue weighted by Gasteiger charge is -2.30. The molecule has 0 spiro atoms. The second kappa shape index (κ2) is 2.88. The molecule has 2 heteroatoms. The van der Waals surface area contributed by atoms with E-state index in [0.717, 1.165) is 18.5 Å². The first-order chi connectivity index (χ1) is 5.79. The van der Waals surface area contributed by atoms with Gasteiger partial charge in [0.05, 0.1) is 0 Å². The summed E-state index contributed by atoms with van der Waals surface area (Å²) >= 11 is 0. The fourth-order valence-corrected chi connectivity index (χ4v) is 1.67. The molecule has 1 aliphatic heterocycles. The minimum Gasteiger partial charge on any atom is -0.374 e. The number of rotatable bonds is 0. The van der Waals surface area contributed by atoms with Crippen LogP contribution >= 0.6 is 0 Å². The zero-order chi connectivity index (χ0) is 8.55. The van der Waals surface area contributed by atoms with E-state index in [1.165, 1.54) is 5.56 Å². The highest BCUT2D eigenvalue weighted by molar-refractivity contribution is 5.30. The van der Waals surface area contributed by atoms with Gasteiger partial charge in [-0.1, -0.05) is 24.3 Å². The molecule has 0 unspecified atom stereocenters. The molecule has 0 aliphatic carbocycles. The van der Waals surface area contributed by atoms with Gasteiger partial charge in [0.15, 0.2) is 0 Å². The average Bonchev–Trinajstić information content (AvgIpc) is 2.12. The maximum Gasteiger partial charge on any atom is 0.133 e. The highest BCUT2D eigenvalue weighted by Gasteiger charge is 2.21. The van der Waals surface area contributed by atoms with Crippen molar-refractivity contribution in [2.24, 2.45) is 0 Å². The van der Waals surface area contributed by atoms with Crippen molar-refractivity contribution < 1.29 is 5.11 Å². The summed E-state index contributed by atoms with van der Waals surface area (Å²) in [4.78, 5) is 1.96. The summed E-state index contributed by atoms with van der Waals surface area (Å²) in [6, 6.07) is 8.08. The van der Waals surface area contributed by atoms with Crippen molar-refractivity contribution in [2.45, 2.75) is 12.6 Å². The van der Waals surface area contributed by atoms with Crippen LogP contribution in [0.25, 0.3) is 0 Å². The molecular weight excluding hydrogens is 150 g/mol. The largest absolute Gasteiger partial charge is 0.374 e. The van der Waals surface area contributed by atoms with E-state index in [4.69, 9.17) is 0 Å². The lowest BCUT2D eigenvalue weighted by atomic mass is 9.99. The summed E-state index contributed by atoms with van der Waals surface area (Å²) in [6.07, 6.45) is 0.638. The molecule has 1 atom stereocenters. The van der Waals surface area contributed by atoms with Crippen molar-refractivity contribution >= 4 is 0 Å². The van der Waals surface area contributed by atoms with Crippen LogP contribution in [0.1, 0.15) is 17.4 Å². The number of aliphatic hydroxyl groups excluding tert-OH is 1. The fraction of sp³-hybridized carbons (Fsp3) is 0.400. The highest BCUT2D eigenvalue weighted by Crippen LogP contribution is 2.25. The number of fused-ring (bicyclic) bond motifs is 1. The van der Waals surface area contributed by atoms with E-state index in [2.05, 4.69) is 6.07 Å². The normalized spacial score (nSPS) is 23.7. The Morgan fingerprint density at radius 2 is 2.17 bits per heavy atom. The lowest BCUT2D eigenvalue weighted by molar-refractivity contribution is 0.0128. The van der Waals surface area contributed by atoms with Gasteiger partial charge in [-0.25, -0.2) is 0 Å². The van der Waals surface area contributed by atoms with Crippen molar-refractivity contribution in [3.63, 3.8) is 0 Å². The Bertz CT molecular complexity index is 285. The Morgan fingerprint density at radius 1 is 1.42 bits per heavy atom. The number of hydrogen-bond acceptors (Lipinski definition) is 2. The van der Waals surface area contributed by atoms with E-state index in [0.29, 0.717) is 0 Å². The van der Waals surface area contributed by atoms with Crippen molar-refractivity contribution in [2.75, 3.05) is 13.6 Å². The van der Waals surface area contributed by atoms with Gasteiger partial charge >= 0.3 is 0 Å². The molecule has 0 amide bonds. The van der Waals surface area contributed by atoms with Gasteiger partial charge in [0.25, 0.3) is 0 Å². The summed E-state index contributed by atoms with van der Waals surface area (Å²) in [7, 11) is 1.95. The number of hydrogen-bond donors (Lipinski definition) is 1.